The van der Waals surface area contributed by atoms with Gasteiger partial charge in [0.2, 0.25) is 0 Å². The summed E-state index contributed by atoms with van der Waals surface area (Å²) < 4.78 is 9.56. The molecule has 0 saturated heterocycles. The van der Waals surface area contributed by atoms with Gasteiger partial charge in [0.25, 0.3) is 0 Å². The molecule has 0 amide bonds. The number of carbonyl (C=O) groups is 2. The van der Waals surface area contributed by atoms with Crippen molar-refractivity contribution in [3.63, 3.8) is 0 Å². The third kappa shape index (κ3) is 4.61. The van der Waals surface area contributed by atoms with Crippen LogP contribution in [0, 0.1) is 0 Å². The quantitative estimate of drug-likeness (QED) is 0.224. The highest BCUT2D eigenvalue weighted by molar-refractivity contribution is 6.13. The zero-order chi connectivity index (χ0) is 11.0. The SMILES string of the molecule is CC=C(C(=O)O)C(=O)OCCOCC. The molecule has 14 heavy (non-hydrogen) atoms. The van der Waals surface area contributed by atoms with E-state index >= 15 is 0 Å². The molecule has 0 heterocycles. The van der Waals surface area contributed by atoms with Crippen LogP contribution in [0.5, 0.6) is 0 Å². The zero-order valence-corrected chi connectivity index (χ0v) is 8.28. The van der Waals surface area contributed by atoms with Crippen molar-refractivity contribution in [2.24, 2.45) is 0 Å². The maximum Gasteiger partial charge on any atom is 0.345 e. The van der Waals surface area contributed by atoms with Crippen molar-refractivity contribution < 1.29 is 24.2 Å². The lowest BCUT2D eigenvalue weighted by atomic mass is 10.2. The van der Waals surface area contributed by atoms with E-state index in [0.29, 0.717) is 6.61 Å². The average Bonchev–Trinajstić information content (AvgIpc) is 2.13. The summed E-state index contributed by atoms with van der Waals surface area (Å²) >= 11 is 0. The fraction of sp³-hybridized carbons (Fsp3) is 0.556. The van der Waals surface area contributed by atoms with Gasteiger partial charge in [0.1, 0.15) is 12.2 Å². The van der Waals surface area contributed by atoms with E-state index in [1.807, 2.05) is 6.92 Å². The van der Waals surface area contributed by atoms with Crippen LogP contribution in [0.25, 0.3) is 0 Å². The van der Waals surface area contributed by atoms with Crippen molar-refractivity contribution in [3.8, 4) is 0 Å². The van der Waals surface area contributed by atoms with E-state index in [4.69, 9.17) is 9.84 Å². The first-order valence-electron chi connectivity index (χ1n) is 4.28. The monoisotopic (exact) mass is 202 g/mol. The van der Waals surface area contributed by atoms with Crippen LogP contribution in [0.15, 0.2) is 11.6 Å². The second-order valence-electron chi connectivity index (χ2n) is 2.34. The molecular weight excluding hydrogens is 188 g/mol. The number of carboxylic acids is 1. The topological polar surface area (TPSA) is 72.8 Å². The van der Waals surface area contributed by atoms with Crippen LogP contribution < -0.4 is 0 Å². The van der Waals surface area contributed by atoms with Gasteiger partial charge in [0.15, 0.2) is 0 Å². The lowest BCUT2D eigenvalue weighted by Crippen LogP contribution is -2.17. The van der Waals surface area contributed by atoms with Crippen molar-refractivity contribution in [3.05, 3.63) is 11.6 Å². The van der Waals surface area contributed by atoms with Crippen LogP contribution in [0.2, 0.25) is 0 Å². The molecule has 0 aromatic carbocycles. The van der Waals surface area contributed by atoms with Crippen molar-refractivity contribution >= 4 is 11.9 Å². The Kier molecular flexibility index (Phi) is 6.39. The molecule has 0 radical (unpaired) electrons. The maximum absolute atomic E-state index is 11.1. The van der Waals surface area contributed by atoms with Gasteiger partial charge in [-0.25, -0.2) is 9.59 Å². The first-order chi connectivity index (χ1) is 6.63. The number of carboxylic acid groups (broad SMARTS) is 1. The number of esters is 1. The van der Waals surface area contributed by atoms with Gasteiger partial charge in [0.05, 0.1) is 6.61 Å². The number of carbonyl (C=O) groups excluding carboxylic acids is 1. The summed E-state index contributed by atoms with van der Waals surface area (Å²) in [6.45, 7) is 4.16. The first kappa shape index (κ1) is 12.6. The van der Waals surface area contributed by atoms with Crippen LogP contribution in [0.3, 0.4) is 0 Å². The van der Waals surface area contributed by atoms with Crippen molar-refractivity contribution in [2.75, 3.05) is 19.8 Å². The number of ether oxygens (including phenoxy) is 2. The van der Waals surface area contributed by atoms with Crippen LogP contribution >= 0.6 is 0 Å². The number of hydrogen-bond acceptors (Lipinski definition) is 4. The Bertz CT molecular complexity index is 231. The van der Waals surface area contributed by atoms with Crippen molar-refractivity contribution in [1.29, 1.82) is 0 Å². The fourth-order valence-corrected chi connectivity index (χ4v) is 0.744. The highest BCUT2D eigenvalue weighted by Gasteiger charge is 2.16. The van der Waals surface area contributed by atoms with E-state index in [2.05, 4.69) is 4.74 Å². The molecule has 0 bridgehead atoms. The molecule has 0 atom stereocenters. The van der Waals surface area contributed by atoms with Gasteiger partial charge in [-0.15, -0.1) is 0 Å². The van der Waals surface area contributed by atoms with Crippen LogP contribution in [-0.4, -0.2) is 36.9 Å². The summed E-state index contributed by atoms with van der Waals surface area (Å²) in [5.41, 5.74) is -0.360. The first-order valence-corrected chi connectivity index (χ1v) is 4.28. The van der Waals surface area contributed by atoms with Crippen molar-refractivity contribution in [1.82, 2.24) is 0 Å². The van der Waals surface area contributed by atoms with Gasteiger partial charge >= 0.3 is 11.9 Å². The molecule has 0 aliphatic rings. The third-order valence-electron chi connectivity index (χ3n) is 1.40. The minimum atomic E-state index is -1.28. The van der Waals surface area contributed by atoms with Crippen LogP contribution in [-0.2, 0) is 19.1 Å². The number of hydrogen-bond donors (Lipinski definition) is 1. The van der Waals surface area contributed by atoms with Gasteiger partial charge in [-0.1, -0.05) is 6.08 Å². The number of allylic oxidation sites excluding steroid dienone is 1. The Balaban J connectivity index is 3.89. The molecule has 5 nitrogen and oxygen atoms in total. The van der Waals surface area contributed by atoms with Crippen LogP contribution in [0.1, 0.15) is 13.8 Å². The molecule has 5 heteroatoms. The average molecular weight is 202 g/mol. The van der Waals surface area contributed by atoms with E-state index in [1.165, 1.54) is 13.0 Å². The Labute approximate surface area is 82.3 Å². The summed E-state index contributed by atoms with van der Waals surface area (Å²) in [6.07, 6.45) is 1.20. The predicted molar refractivity (Wildman–Crippen MR) is 48.8 cm³/mol. The Hall–Kier alpha value is -1.36. The standard InChI is InChI=1S/C9H14O5/c1-3-7(8(10)11)9(12)14-6-5-13-4-2/h3H,4-6H2,1-2H3,(H,10,11). The number of rotatable bonds is 6. The molecule has 0 saturated carbocycles. The molecule has 0 fully saturated rings. The Morgan fingerprint density at radius 1 is 1.36 bits per heavy atom. The van der Waals surface area contributed by atoms with Gasteiger partial charge in [0, 0.05) is 6.61 Å². The highest BCUT2D eigenvalue weighted by atomic mass is 16.6. The van der Waals surface area contributed by atoms with Crippen molar-refractivity contribution in [2.45, 2.75) is 13.8 Å². The fourth-order valence-electron chi connectivity index (χ4n) is 0.744. The van der Waals surface area contributed by atoms with E-state index < -0.39 is 11.9 Å². The molecule has 0 aromatic rings. The second-order valence-corrected chi connectivity index (χ2v) is 2.34. The number of aliphatic carboxylic acids is 1. The predicted octanol–water partition coefficient (Wildman–Crippen LogP) is 0.597. The molecule has 1 N–H and O–H groups in total. The van der Waals surface area contributed by atoms with E-state index in [1.54, 1.807) is 0 Å². The Morgan fingerprint density at radius 2 is 2.00 bits per heavy atom. The molecular formula is C9H14O5. The molecule has 0 rings (SSSR count). The lowest BCUT2D eigenvalue weighted by molar-refractivity contribution is -0.145. The molecule has 0 unspecified atom stereocenters. The molecule has 0 aliphatic carbocycles. The summed E-state index contributed by atoms with van der Waals surface area (Å²) in [6, 6.07) is 0. The zero-order valence-electron chi connectivity index (χ0n) is 8.28. The van der Waals surface area contributed by atoms with Crippen LogP contribution in [0.4, 0.5) is 0 Å². The summed E-state index contributed by atoms with van der Waals surface area (Å²) in [5, 5.41) is 8.55. The maximum atomic E-state index is 11.1. The van der Waals surface area contributed by atoms with E-state index in [-0.39, 0.29) is 18.8 Å². The largest absolute Gasteiger partial charge is 0.477 e. The summed E-state index contributed by atoms with van der Waals surface area (Å²) in [4.78, 5) is 21.5. The van der Waals surface area contributed by atoms with Gasteiger partial charge < -0.3 is 14.6 Å². The highest BCUT2D eigenvalue weighted by Crippen LogP contribution is 1.98. The minimum Gasteiger partial charge on any atom is -0.477 e. The molecule has 0 aromatic heterocycles. The van der Waals surface area contributed by atoms with Gasteiger partial charge in [-0.3, -0.25) is 0 Å². The van der Waals surface area contributed by atoms with E-state index in [9.17, 15) is 9.59 Å². The second kappa shape index (κ2) is 7.08. The third-order valence-corrected chi connectivity index (χ3v) is 1.40. The Morgan fingerprint density at radius 3 is 2.43 bits per heavy atom. The molecule has 0 aliphatic heterocycles. The lowest BCUT2D eigenvalue weighted by Gasteiger charge is -2.04. The normalized spacial score (nSPS) is 11.1. The summed E-state index contributed by atoms with van der Waals surface area (Å²) in [7, 11) is 0. The molecule has 0 spiro atoms. The summed E-state index contributed by atoms with van der Waals surface area (Å²) in [5.74, 6) is -2.12. The smallest absolute Gasteiger partial charge is 0.345 e. The molecule has 80 valence electrons. The van der Waals surface area contributed by atoms with E-state index in [0.717, 1.165) is 0 Å². The minimum absolute atomic E-state index is 0.0668. The van der Waals surface area contributed by atoms with Gasteiger partial charge in [-0.2, -0.15) is 0 Å². The van der Waals surface area contributed by atoms with Gasteiger partial charge in [-0.05, 0) is 13.8 Å².